The molecule has 21 heavy (non-hydrogen) atoms. The number of nitrogens with zero attached hydrogens (tertiary/aromatic N) is 1. The van der Waals surface area contributed by atoms with Crippen LogP contribution in [0.3, 0.4) is 0 Å². The summed E-state index contributed by atoms with van der Waals surface area (Å²) in [6, 6.07) is 7.98. The predicted octanol–water partition coefficient (Wildman–Crippen LogP) is 1.04. The lowest BCUT2D eigenvalue weighted by Crippen LogP contribution is -2.26. The van der Waals surface area contributed by atoms with Gasteiger partial charge in [-0.05, 0) is 30.7 Å². The van der Waals surface area contributed by atoms with Crippen LogP contribution in [0.4, 0.5) is 0 Å². The van der Waals surface area contributed by atoms with Gasteiger partial charge in [0.15, 0.2) is 9.84 Å². The number of aliphatic hydroxyl groups excluding tert-OH is 1. The number of rotatable bonds is 3. The summed E-state index contributed by atoms with van der Waals surface area (Å²) in [6.45, 7) is 2.25. The Hall–Kier alpha value is -1.35. The maximum Gasteiger partial charge on any atom is 0.151 e. The highest BCUT2D eigenvalue weighted by atomic mass is 32.2. The van der Waals surface area contributed by atoms with E-state index in [0.717, 1.165) is 24.2 Å². The van der Waals surface area contributed by atoms with Crippen LogP contribution in [0.2, 0.25) is 0 Å². The molecule has 1 aromatic rings. The molecular weight excluding hydrogens is 286 g/mol. The van der Waals surface area contributed by atoms with E-state index in [-0.39, 0.29) is 12.4 Å². The second kappa shape index (κ2) is 7.60. The first kappa shape index (κ1) is 16.0. The molecule has 1 fully saturated rings. The molecule has 1 aromatic carbocycles. The Bertz CT molecular complexity index is 628. The monoisotopic (exact) mass is 307 g/mol. The molecule has 1 aliphatic heterocycles. The molecule has 2 rings (SSSR count). The van der Waals surface area contributed by atoms with E-state index in [2.05, 4.69) is 16.7 Å². The SMILES string of the molecule is O=S1(=O)CCCN(Cc2cccc(C#CCCO)c2)CC1. The fourth-order valence-electron chi connectivity index (χ4n) is 2.37. The fourth-order valence-corrected chi connectivity index (χ4v) is 3.68. The Morgan fingerprint density at radius 2 is 2.10 bits per heavy atom. The molecule has 0 amide bonds. The lowest BCUT2D eigenvalue weighted by Gasteiger charge is -2.19. The van der Waals surface area contributed by atoms with Gasteiger partial charge in [0.05, 0.1) is 18.1 Å². The van der Waals surface area contributed by atoms with Crippen LogP contribution in [0.25, 0.3) is 0 Å². The highest BCUT2D eigenvalue weighted by Crippen LogP contribution is 2.11. The van der Waals surface area contributed by atoms with Crippen LogP contribution in [0.1, 0.15) is 24.0 Å². The molecular formula is C16H21NO3S. The maximum absolute atomic E-state index is 11.6. The van der Waals surface area contributed by atoms with Gasteiger partial charge in [-0.2, -0.15) is 0 Å². The summed E-state index contributed by atoms with van der Waals surface area (Å²) in [6.07, 6.45) is 1.19. The van der Waals surface area contributed by atoms with Gasteiger partial charge in [0.2, 0.25) is 0 Å². The van der Waals surface area contributed by atoms with Crippen molar-refractivity contribution in [2.45, 2.75) is 19.4 Å². The van der Waals surface area contributed by atoms with E-state index in [4.69, 9.17) is 5.11 Å². The Morgan fingerprint density at radius 3 is 2.90 bits per heavy atom. The lowest BCUT2D eigenvalue weighted by atomic mass is 10.1. The third-order valence-corrected chi connectivity index (χ3v) is 5.17. The second-order valence-electron chi connectivity index (χ2n) is 5.26. The van der Waals surface area contributed by atoms with E-state index in [1.54, 1.807) is 0 Å². The quantitative estimate of drug-likeness (QED) is 0.848. The van der Waals surface area contributed by atoms with Gasteiger partial charge >= 0.3 is 0 Å². The van der Waals surface area contributed by atoms with Crippen LogP contribution in [0.15, 0.2) is 24.3 Å². The number of hydrogen-bond donors (Lipinski definition) is 1. The van der Waals surface area contributed by atoms with Gasteiger partial charge in [0.1, 0.15) is 0 Å². The molecule has 0 radical (unpaired) electrons. The van der Waals surface area contributed by atoms with Crippen LogP contribution in [-0.2, 0) is 16.4 Å². The smallest absolute Gasteiger partial charge is 0.151 e. The Morgan fingerprint density at radius 1 is 1.24 bits per heavy atom. The normalized spacial score (nSPS) is 18.5. The van der Waals surface area contributed by atoms with Gasteiger partial charge in [0, 0.05) is 25.1 Å². The van der Waals surface area contributed by atoms with Crippen molar-refractivity contribution < 1.29 is 13.5 Å². The van der Waals surface area contributed by atoms with Gasteiger partial charge in [-0.25, -0.2) is 8.42 Å². The summed E-state index contributed by atoms with van der Waals surface area (Å²) in [5, 5.41) is 8.73. The zero-order valence-electron chi connectivity index (χ0n) is 12.1. The molecule has 0 bridgehead atoms. The third-order valence-electron chi connectivity index (χ3n) is 3.45. The fraction of sp³-hybridized carbons (Fsp3) is 0.500. The minimum Gasteiger partial charge on any atom is -0.395 e. The zero-order valence-corrected chi connectivity index (χ0v) is 12.9. The average molecular weight is 307 g/mol. The number of hydrogen-bond acceptors (Lipinski definition) is 4. The van der Waals surface area contributed by atoms with Crippen molar-refractivity contribution >= 4 is 9.84 Å². The van der Waals surface area contributed by atoms with Crippen LogP contribution in [0.5, 0.6) is 0 Å². The number of sulfone groups is 1. The first-order valence-electron chi connectivity index (χ1n) is 7.20. The molecule has 1 saturated heterocycles. The third kappa shape index (κ3) is 5.50. The number of aliphatic hydroxyl groups is 1. The molecule has 0 aromatic heterocycles. The summed E-state index contributed by atoms with van der Waals surface area (Å²) < 4.78 is 23.2. The van der Waals surface area contributed by atoms with Gasteiger partial charge in [-0.1, -0.05) is 24.0 Å². The highest BCUT2D eigenvalue weighted by molar-refractivity contribution is 7.91. The molecule has 0 atom stereocenters. The summed E-state index contributed by atoms with van der Waals surface area (Å²) in [7, 11) is -2.86. The van der Waals surface area contributed by atoms with Crippen LogP contribution in [-0.4, -0.2) is 49.6 Å². The maximum atomic E-state index is 11.6. The molecule has 1 N–H and O–H groups in total. The van der Waals surface area contributed by atoms with Crippen molar-refractivity contribution in [3.8, 4) is 11.8 Å². The van der Waals surface area contributed by atoms with Crippen molar-refractivity contribution in [3.05, 3.63) is 35.4 Å². The average Bonchev–Trinajstić information content (AvgIpc) is 2.61. The van der Waals surface area contributed by atoms with Crippen molar-refractivity contribution in [2.24, 2.45) is 0 Å². The van der Waals surface area contributed by atoms with Crippen molar-refractivity contribution in [3.63, 3.8) is 0 Å². The van der Waals surface area contributed by atoms with Crippen molar-refractivity contribution in [2.75, 3.05) is 31.2 Å². The molecule has 0 saturated carbocycles. The van der Waals surface area contributed by atoms with E-state index in [0.29, 0.717) is 25.1 Å². The zero-order chi connectivity index (χ0) is 15.1. The minimum absolute atomic E-state index is 0.0783. The Kier molecular flexibility index (Phi) is 5.80. The highest BCUT2D eigenvalue weighted by Gasteiger charge is 2.18. The van der Waals surface area contributed by atoms with Gasteiger partial charge in [-0.15, -0.1) is 0 Å². The molecule has 0 spiro atoms. The van der Waals surface area contributed by atoms with E-state index < -0.39 is 9.84 Å². The largest absolute Gasteiger partial charge is 0.395 e. The van der Waals surface area contributed by atoms with Crippen LogP contribution in [0, 0.1) is 11.8 Å². The Labute approximate surface area is 126 Å². The van der Waals surface area contributed by atoms with Crippen molar-refractivity contribution in [1.82, 2.24) is 4.90 Å². The van der Waals surface area contributed by atoms with E-state index in [9.17, 15) is 8.42 Å². The van der Waals surface area contributed by atoms with E-state index >= 15 is 0 Å². The van der Waals surface area contributed by atoms with Gasteiger partial charge in [0.25, 0.3) is 0 Å². The summed E-state index contributed by atoms with van der Waals surface area (Å²) in [5.74, 6) is 6.49. The van der Waals surface area contributed by atoms with Crippen LogP contribution < -0.4 is 0 Å². The first-order chi connectivity index (χ1) is 10.1. The Balaban J connectivity index is 2.00. The summed E-state index contributed by atoms with van der Waals surface area (Å²) in [5.41, 5.74) is 2.08. The molecule has 4 nitrogen and oxygen atoms in total. The molecule has 0 aliphatic carbocycles. The van der Waals surface area contributed by atoms with E-state index in [1.165, 1.54) is 0 Å². The molecule has 1 heterocycles. The molecule has 1 aliphatic rings. The van der Waals surface area contributed by atoms with Crippen LogP contribution >= 0.6 is 0 Å². The molecule has 0 unspecified atom stereocenters. The van der Waals surface area contributed by atoms with Gasteiger partial charge < -0.3 is 5.11 Å². The molecule has 5 heteroatoms. The van der Waals surface area contributed by atoms with E-state index in [1.807, 2.05) is 24.3 Å². The predicted molar refractivity (Wildman–Crippen MR) is 83.6 cm³/mol. The lowest BCUT2D eigenvalue weighted by molar-refractivity contribution is 0.287. The second-order valence-corrected chi connectivity index (χ2v) is 7.56. The van der Waals surface area contributed by atoms with Crippen molar-refractivity contribution in [1.29, 1.82) is 0 Å². The minimum atomic E-state index is -2.86. The topological polar surface area (TPSA) is 57.6 Å². The summed E-state index contributed by atoms with van der Waals surface area (Å²) >= 11 is 0. The first-order valence-corrected chi connectivity index (χ1v) is 9.03. The standard InChI is InChI=1S/C16H21NO3S/c18-10-2-1-5-15-6-3-7-16(13-15)14-17-8-4-11-21(19,20)12-9-17/h3,6-7,13,18H,2,4,8-12,14H2. The summed E-state index contributed by atoms with van der Waals surface area (Å²) in [4.78, 5) is 2.19. The van der Waals surface area contributed by atoms with Gasteiger partial charge in [-0.3, -0.25) is 4.90 Å². The number of benzene rings is 1. The molecule has 114 valence electrons.